The van der Waals surface area contributed by atoms with E-state index in [2.05, 4.69) is 24.0 Å². The smallest absolute Gasteiger partial charge is 0.221 e. The van der Waals surface area contributed by atoms with Gasteiger partial charge in [0.1, 0.15) is 0 Å². The number of nitrogens with zero attached hydrogens (tertiary/aromatic N) is 1. The van der Waals surface area contributed by atoms with Gasteiger partial charge in [0.15, 0.2) is 3.70 Å². The molecule has 0 atom stereocenters. The molecule has 0 aliphatic rings. The molecule has 0 radical (unpaired) electrons. The minimum Gasteiger partial charge on any atom is -0.286 e. The van der Waals surface area contributed by atoms with Gasteiger partial charge in [-0.15, -0.1) is 0 Å². The molecule has 1 heterocycles. The van der Waals surface area contributed by atoms with E-state index in [1.54, 1.807) is 0 Å². The lowest BCUT2D eigenvalue weighted by atomic mass is 10.0. The average Bonchev–Trinajstić information content (AvgIpc) is 2.23. The number of aromatic nitrogens is 2. The summed E-state index contributed by atoms with van der Waals surface area (Å²) in [5, 5.41) is 7.67. The maximum atomic E-state index is 11.8. The molecule has 0 bridgehead atoms. The molecule has 3 nitrogen and oxygen atoms in total. The van der Waals surface area contributed by atoms with E-state index in [-0.39, 0.29) is 5.43 Å². The number of aromatic amines is 1. The van der Waals surface area contributed by atoms with Gasteiger partial charge in [-0.05, 0) is 40.1 Å². The molecular formula is C11H11IN2O. The van der Waals surface area contributed by atoms with Crippen molar-refractivity contribution in [2.24, 2.45) is 0 Å². The predicted molar refractivity (Wildman–Crippen MR) is 69.2 cm³/mol. The third-order valence-electron chi connectivity index (χ3n) is 2.42. The maximum Gasteiger partial charge on any atom is 0.221 e. The highest BCUT2D eigenvalue weighted by Crippen LogP contribution is 2.21. The monoisotopic (exact) mass is 314 g/mol. The van der Waals surface area contributed by atoms with Crippen molar-refractivity contribution in [1.82, 2.24) is 10.2 Å². The van der Waals surface area contributed by atoms with Crippen molar-refractivity contribution in [2.45, 2.75) is 19.8 Å². The summed E-state index contributed by atoms with van der Waals surface area (Å²) in [4.78, 5) is 11.8. The molecular weight excluding hydrogens is 303 g/mol. The standard InChI is InChI=1S/C11H11IN2O/c1-6(2)7-4-3-5-8-9(7)13-14-11(12)10(8)15/h3-6H,1-2H3,(H,13,15). The third-order valence-corrected chi connectivity index (χ3v) is 3.15. The molecule has 2 aromatic rings. The van der Waals surface area contributed by atoms with E-state index in [0.717, 1.165) is 16.5 Å². The van der Waals surface area contributed by atoms with Crippen LogP contribution < -0.4 is 5.43 Å². The first-order valence-corrected chi connectivity index (χ1v) is 5.86. The highest BCUT2D eigenvalue weighted by atomic mass is 127. The Balaban J connectivity index is 2.90. The van der Waals surface area contributed by atoms with Crippen molar-refractivity contribution < 1.29 is 0 Å². The molecule has 1 N–H and O–H groups in total. The number of para-hydroxylation sites is 1. The molecule has 0 amide bonds. The van der Waals surface area contributed by atoms with Gasteiger partial charge >= 0.3 is 0 Å². The first-order valence-electron chi connectivity index (χ1n) is 4.78. The Hall–Kier alpha value is -0.910. The van der Waals surface area contributed by atoms with Gasteiger partial charge in [0.05, 0.1) is 10.9 Å². The summed E-state index contributed by atoms with van der Waals surface area (Å²) in [5.74, 6) is 0.381. The number of rotatable bonds is 1. The second-order valence-electron chi connectivity index (χ2n) is 3.77. The fourth-order valence-corrected chi connectivity index (χ4v) is 2.04. The first-order chi connectivity index (χ1) is 7.11. The average molecular weight is 314 g/mol. The van der Waals surface area contributed by atoms with Crippen molar-refractivity contribution in [3.05, 3.63) is 37.7 Å². The summed E-state index contributed by atoms with van der Waals surface area (Å²) in [5.41, 5.74) is 2.00. The minimum absolute atomic E-state index is 0.00634. The minimum atomic E-state index is 0.00634. The van der Waals surface area contributed by atoms with Crippen LogP contribution in [0.15, 0.2) is 23.0 Å². The summed E-state index contributed by atoms with van der Waals surface area (Å²) in [6.07, 6.45) is 0. The SMILES string of the molecule is CC(C)c1cccc2c(=O)c(I)n[nH]c12. The van der Waals surface area contributed by atoms with E-state index in [9.17, 15) is 4.79 Å². The second-order valence-corrected chi connectivity index (χ2v) is 4.79. The van der Waals surface area contributed by atoms with Crippen LogP contribution in [0.2, 0.25) is 0 Å². The van der Waals surface area contributed by atoms with Crippen molar-refractivity contribution in [2.75, 3.05) is 0 Å². The number of nitrogens with one attached hydrogen (secondary N) is 1. The summed E-state index contributed by atoms with van der Waals surface area (Å²) in [7, 11) is 0. The molecule has 1 aromatic carbocycles. The second kappa shape index (κ2) is 3.92. The molecule has 4 heteroatoms. The number of hydrogen-bond donors (Lipinski definition) is 1. The van der Waals surface area contributed by atoms with Gasteiger partial charge in [0.2, 0.25) is 5.43 Å². The zero-order valence-electron chi connectivity index (χ0n) is 8.54. The fraction of sp³-hybridized carbons (Fsp3) is 0.273. The quantitative estimate of drug-likeness (QED) is 0.823. The normalized spacial score (nSPS) is 11.2. The Morgan fingerprint density at radius 3 is 2.80 bits per heavy atom. The van der Waals surface area contributed by atoms with Gasteiger partial charge in [-0.2, -0.15) is 5.10 Å². The van der Waals surface area contributed by atoms with Crippen LogP contribution in [-0.2, 0) is 0 Å². The Kier molecular flexibility index (Phi) is 2.77. The Bertz CT molecular complexity index is 560. The van der Waals surface area contributed by atoms with Crippen LogP contribution >= 0.6 is 22.6 Å². The van der Waals surface area contributed by atoms with Gasteiger partial charge in [-0.1, -0.05) is 26.0 Å². The summed E-state index contributed by atoms with van der Waals surface area (Å²) in [6, 6.07) is 5.78. The van der Waals surface area contributed by atoms with Crippen LogP contribution in [0, 0.1) is 3.70 Å². The number of benzene rings is 1. The van der Waals surface area contributed by atoms with Crippen LogP contribution in [0.3, 0.4) is 0 Å². The van der Waals surface area contributed by atoms with Crippen molar-refractivity contribution in [1.29, 1.82) is 0 Å². The van der Waals surface area contributed by atoms with Crippen molar-refractivity contribution in [3.63, 3.8) is 0 Å². The van der Waals surface area contributed by atoms with E-state index in [1.807, 2.05) is 40.8 Å². The lowest BCUT2D eigenvalue weighted by Crippen LogP contribution is -2.11. The zero-order chi connectivity index (χ0) is 11.0. The van der Waals surface area contributed by atoms with Crippen molar-refractivity contribution >= 4 is 33.5 Å². The third kappa shape index (κ3) is 1.78. The highest BCUT2D eigenvalue weighted by molar-refractivity contribution is 14.1. The number of fused-ring (bicyclic) bond motifs is 1. The van der Waals surface area contributed by atoms with Gasteiger partial charge < -0.3 is 0 Å². The molecule has 15 heavy (non-hydrogen) atoms. The lowest BCUT2D eigenvalue weighted by Gasteiger charge is -2.08. The Morgan fingerprint density at radius 1 is 1.40 bits per heavy atom. The number of halogens is 1. The van der Waals surface area contributed by atoms with Gasteiger partial charge in [0, 0.05) is 0 Å². The van der Waals surface area contributed by atoms with E-state index >= 15 is 0 Å². The van der Waals surface area contributed by atoms with E-state index in [1.165, 1.54) is 0 Å². The molecule has 0 fully saturated rings. The maximum absolute atomic E-state index is 11.8. The number of hydrogen-bond acceptors (Lipinski definition) is 2. The molecule has 0 saturated carbocycles. The topological polar surface area (TPSA) is 45.8 Å². The molecule has 0 spiro atoms. The van der Waals surface area contributed by atoms with Gasteiger partial charge in [0.25, 0.3) is 0 Å². The van der Waals surface area contributed by atoms with E-state index in [4.69, 9.17) is 0 Å². The molecule has 78 valence electrons. The highest BCUT2D eigenvalue weighted by Gasteiger charge is 2.09. The largest absolute Gasteiger partial charge is 0.286 e. The Labute approximate surface area is 101 Å². The number of H-pyrrole nitrogens is 1. The van der Waals surface area contributed by atoms with Crippen LogP contribution in [0.1, 0.15) is 25.3 Å². The predicted octanol–water partition coefficient (Wildman–Crippen LogP) is 2.65. The van der Waals surface area contributed by atoms with Gasteiger partial charge in [-0.25, -0.2) is 0 Å². The van der Waals surface area contributed by atoms with Crippen LogP contribution in [0.25, 0.3) is 10.9 Å². The molecule has 0 saturated heterocycles. The molecule has 1 aromatic heterocycles. The van der Waals surface area contributed by atoms with E-state index < -0.39 is 0 Å². The molecule has 0 aliphatic heterocycles. The zero-order valence-corrected chi connectivity index (χ0v) is 10.7. The van der Waals surface area contributed by atoms with Gasteiger partial charge in [-0.3, -0.25) is 9.89 Å². The molecule has 0 unspecified atom stereocenters. The summed E-state index contributed by atoms with van der Waals surface area (Å²) in [6.45, 7) is 4.20. The lowest BCUT2D eigenvalue weighted by molar-refractivity contribution is 0.866. The van der Waals surface area contributed by atoms with Crippen LogP contribution in [0.4, 0.5) is 0 Å². The fourth-order valence-electron chi connectivity index (χ4n) is 1.63. The Morgan fingerprint density at radius 2 is 2.13 bits per heavy atom. The first kappa shape index (κ1) is 10.6. The summed E-state index contributed by atoms with van der Waals surface area (Å²) < 4.78 is 0.487. The van der Waals surface area contributed by atoms with Crippen LogP contribution in [-0.4, -0.2) is 10.2 Å². The van der Waals surface area contributed by atoms with Crippen LogP contribution in [0.5, 0.6) is 0 Å². The summed E-state index contributed by atoms with van der Waals surface area (Å²) >= 11 is 1.95. The van der Waals surface area contributed by atoms with Crippen molar-refractivity contribution in [3.8, 4) is 0 Å². The molecule has 0 aliphatic carbocycles. The molecule has 2 rings (SSSR count). The van der Waals surface area contributed by atoms with E-state index in [0.29, 0.717) is 9.62 Å².